The standard InChI is InChI=1S/C21H17Cl2N5OS/c1-11-26-19-18(13-2-3-13)14(10-24-21(19)30-11)9-15(29)6-12-7-16(22)20(17(23)8-12)28-5-4-25-27-28/h4-5,7-8,10,13H,2-3,6,9H2,1H3. The van der Waals surface area contributed by atoms with E-state index >= 15 is 0 Å². The van der Waals surface area contributed by atoms with Crippen molar-refractivity contribution in [2.24, 2.45) is 0 Å². The minimum atomic E-state index is 0.0886. The Kier molecular flexibility index (Phi) is 5.05. The Hall–Kier alpha value is -2.35. The van der Waals surface area contributed by atoms with Crippen molar-refractivity contribution in [1.29, 1.82) is 0 Å². The molecule has 1 aliphatic carbocycles. The largest absolute Gasteiger partial charge is 0.299 e. The summed E-state index contributed by atoms with van der Waals surface area (Å²) < 4.78 is 1.51. The molecule has 152 valence electrons. The lowest BCUT2D eigenvalue weighted by molar-refractivity contribution is -0.117. The van der Waals surface area contributed by atoms with Gasteiger partial charge in [0.05, 0.1) is 27.4 Å². The molecular weight excluding hydrogens is 441 g/mol. The Morgan fingerprint density at radius 3 is 2.67 bits per heavy atom. The van der Waals surface area contributed by atoms with Gasteiger partial charge in [-0.25, -0.2) is 14.6 Å². The van der Waals surface area contributed by atoms with Crippen LogP contribution in [0.5, 0.6) is 0 Å². The predicted octanol–water partition coefficient (Wildman–Crippen LogP) is 5.12. The van der Waals surface area contributed by atoms with Crippen molar-refractivity contribution in [2.45, 2.75) is 38.5 Å². The number of aromatic nitrogens is 5. The van der Waals surface area contributed by atoms with Crippen LogP contribution in [-0.2, 0) is 17.6 Å². The molecule has 30 heavy (non-hydrogen) atoms. The summed E-state index contributed by atoms with van der Waals surface area (Å²) in [6.07, 6.45) is 7.93. The van der Waals surface area contributed by atoms with Crippen LogP contribution in [0.1, 0.15) is 40.5 Å². The van der Waals surface area contributed by atoms with E-state index in [-0.39, 0.29) is 12.2 Å². The van der Waals surface area contributed by atoms with E-state index in [1.807, 2.05) is 13.1 Å². The van der Waals surface area contributed by atoms with Crippen molar-refractivity contribution in [3.8, 4) is 5.69 Å². The van der Waals surface area contributed by atoms with Crippen LogP contribution in [0.4, 0.5) is 0 Å². The second kappa shape index (κ2) is 7.72. The zero-order valence-corrected chi connectivity index (χ0v) is 18.4. The smallest absolute Gasteiger partial charge is 0.143 e. The number of carbonyl (C=O) groups is 1. The highest BCUT2D eigenvalue weighted by atomic mass is 35.5. The summed E-state index contributed by atoms with van der Waals surface area (Å²) in [6, 6.07) is 3.52. The van der Waals surface area contributed by atoms with Gasteiger partial charge in [-0.05, 0) is 54.5 Å². The molecule has 0 saturated heterocycles. The van der Waals surface area contributed by atoms with E-state index < -0.39 is 0 Å². The fraction of sp³-hybridized carbons (Fsp3) is 0.286. The van der Waals surface area contributed by atoms with Crippen molar-refractivity contribution < 1.29 is 4.79 Å². The van der Waals surface area contributed by atoms with Gasteiger partial charge in [0.1, 0.15) is 21.8 Å². The summed E-state index contributed by atoms with van der Waals surface area (Å²) in [4.78, 5) is 23.1. The highest BCUT2D eigenvalue weighted by molar-refractivity contribution is 7.18. The summed E-state index contributed by atoms with van der Waals surface area (Å²) in [7, 11) is 0. The van der Waals surface area contributed by atoms with Crippen LogP contribution in [0.25, 0.3) is 16.0 Å². The Morgan fingerprint density at radius 2 is 2.00 bits per heavy atom. The predicted molar refractivity (Wildman–Crippen MR) is 118 cm³/mol. The molecule has 0 radical (unpaired) electrons. The Morgan fingerprint density at radius 1 is 1.23 bits per heavy atom. The SMILES string of the molecule is Cc1nc2c(C3CC3)c(CC(=O)Cc3cc(Cl)c(-n4ccnn4)c(Cl)c3)cnc2s1. The molecule has 1 saturated carbocycles. The molecule has 0 bridgehead atoms. The number of benzene rings is 1. The first-order chi connectivity index (χ1) is 14.5. The van der Waals surface area contributed by atoms with Crippen molar-refractivity contribution in [2.75, 3.05) is 0 Å². The lowest BCUT2D eigenvalue weighted by Gasteiger charge is -2.11. The van der Waals surface area contributed by atoms with E-state index in [0.717, 1.165) is 39.3 Å². The van der Waals surface area contributed by atoms with Gasteiger partial charge in [-0.2, -0.15) is 0 Å². The number of Topliss-reactive ketones (excluding diaryl/α,β-unsaturated/α-hetero) is 1. The summed E-state index contributed by atoms with van der Waals surface area (Å²) in [6.45, 7) is 1.99. The third-order valence-electron chi connectivity index (χ3n) is 5.16. The van der Waals surface area contributed by atoms with Gasteiger partial charge >= 0.3 is 0 Å². The number of pyridine rings is 1. The first-order valence-electron chi connectivity index (χ1n) is 9.61. The van der Waals surface area contributed by atoms with E-state index in [9.17, 15) is 4.79 Å². The van der Waals surface area contributed by atoms with Gasteiger partial charge in [-0.3, -0.25) is 4.79 Å². The van der Waals surface area contributed by atoms with Crippen LogP contribution < -0.4 is 0 Å². The van der Waals surface area contributed by atoms with Crippen LogP contribution in [-0.4, -0.2) is 30.7 Å². The number of carbonyl (C=O) groups excluding carboxylic acids is 1. The number of thiazole rings is 1. The average Bonchev–Trinajstić information content (AvgIpc) is 3.22. The van der Waals surface area contributed by atoms with E-state index in [4.69, 9.17) is 23.2 Å². The van der Waals surface area contributed by atoms with Crippen LogP contribution >= 0.6 is 34.5 Å². The van der Waals surface area contributed by atoms with Crippen molar-refractivity contribution in [1.82, 2.24) is 25.0 Å². The maximum Gasteiger partial charge on any atom is 0.143 e. The lowest BCUT2D eigenvalue weighted by Crippen LogP contribution is -2.10. The molecule has 0 spiro atoms. The molecule has 0 atom stereocenters. The van der Waals surface area contributed by atoms with E-state index in [1.165, 1.54) is 10.2 Å². The fourth-order valence-corrected chi connectivity index (χ4v) is 5.25. The van der Waals surface area contributed by atoms with Gasteiger partial charge in [0.15, 0.2) is 0 Å². The number of hydrogen-bond acceptors (Lipinski definition) is 6. The molecule has 1 fully saturated rings. The van der Waals surface area contributed by atoms with Crippen molar-refractivity contribution in [3.05, 3.63) is 62.5 Å². The van der Waals surface area contributed by atoms with Gasteiger partial charge in [-0.15, -0.1) is 5.10 Å². The highest BCUT2D eigenvalue weighted by Gasteiger charge is 2.30. The second-order valence-corrected chi connectivity index (χ2v) is 9.50. The van der Waals surface area contributed by atoms with Gasteiger partial charge < -0.3 is 0 Å². The van der Waals surface area contributed by atoms with Crippen LogP contribution in [0, 0.1) is 6.92 Å². The normalized spacial score (nSPS) is 13.8. The third-order valence-corrected chi connectivity index (χ3v) is 6.61. The van der Waals surface area contributed by atoms with Crippen molar-refractivity contribution in [3.63, 3.8) is 0 Å². The maximum absolute atomic E-state index is 12.9. The minimum absolute atomic E-state index is 0.0886. The molecule has 3 aromatic heterocycles. The van der Waals surface area contributed by atoms with Gasteiger partial charge in [0.25, 0.3) is 0 Å². The third kappa shape index (κ3) is 3.73. The summed E-state index contributed by atoms with van der Waals surface area (Å²) in [5.74, 6) is 0.580. The molecular formula is C21H17Cl2N5OS. The summed E-state index contributed by atoms with van der Waals surface area (Å²) in [5, 5.41) is 9.56. The molecule has 1 aromatic carbocycles. The van der Waals surface area contributed by atoms with Crippen molar-refractivity contribution >= 4 is 50.7 Å². The molecule has 0 unspecified atom stereocenters. The van der Waals surface area contributed by atoms with Crippen LogP contribution in [0.15, 0.2) is 30.7 Å². The number of nitrogens with zero attached hydrogens (tertiary/aromatic N) is 5. The first-order valence-corrected chi connectivity index (χ1v) is 11.2. The van der Waals surface area contributed by atoms with Gasteiger partial charge in [0, 0.05) is 19.0 Å². The zero-order valence-electron chi connectivity index (χ0n) is 16.1. The molecule has 0 amide bonds. The summed E-state index contributed by atoms with van der Waals surface area (Å²) in [5.41, 5.74) is 4.47. The number of aryl methyl sites for hydroxylation is 1. The van der Waals surface area contributed by atoms with E-state index in [0.29, 0.717) is 28.1 Å². The molecule has 3 heterocycles. The van der Waals surface area contributed by atoms with E-state index in [2.05, 4.69) is 20.3 Å². The van der Waals surface area contributed by atoms with Gasteiger partial charge in [0.2, 0.25) is 0 Å². The average molecular weight is 458 g/mol. The number of ketones is 1. The number of rotatable bonds is 6. The Labute approximate surface area is 186 Å². The first kappa shape index (κ1) is 19.6. The zero-order chi connectivity index (χ0) is 20.8. The van der Waals surface area contributed by atoms with E-state index in [1.54, 1.807) is 35.9 Å². The molecule has 0 aliphatic heterocycles. The van der Waals surface area contributed by atoms with Crippen LogP contribution in [0.3, 0.4) is 0 Å². The monoisotopic (exact) mass is 457 g/mol. The number of halogens is 2. The second-order valence-electron chi connectivity index (χ2n) is 7.51. The van der Waals surface area contributed by atoms with Gasteiger partial charge in [-0.1, -0.05) is 39.8 Å². The Bertz CT molecular complexity index is 1240. The molecule has 4 aromatic rings. The molecule has 5 rings (SSSR count). The fourth-order valence-electron chi connectivity index (χ4n) is 3.77. The summed E-state index contributed by atoms with van der Waals surface area (Å²) >= 11 is 14.4. The van der Waals surface area contributed by atoms with Crippen LogP contribution in [0.2, 0.25) is 10.0 Å². The highest BCUT2D eigenvalue weighted by Crippen LogP contribution is 2.45. The molecule has 9 heteroatoms. The lowest BCUT2D eigenvalue weighted by atomic mass is 9.97. The number of fused-ring (bicyclic) bond motifs is 1. The maximum atomic E-state index is 12.9. The molecule has 6 nitrogen and oxygen atoms in total. The topological polar surface area (TPSA) is 73.6 Å². The number of hydrogen-bond donors (Lipinski definition) is 0. The quantitative estimate of drug-likeness (QED) is 0.401. The Balaban J connectivity index is 1.40. The minimum Gasteiger partial charge on any atom is -0.299 e. The molecule has 1 aliphatic rings. The molecule has 0 N–H and O–H groups in total.